The third kappa shape index (κ3) is 3.25. The number of ether oxygens (including phenoxy) is 1. The first-order valence-electron chi connectivity index (χ1n) is 7.79. The molecule has 2 aliphatic rings. The second kappa shape index (κ2) is 6.88. The number of piperidine rings is 1. The van der Waals surface area contributed by atoms with E-state index in [0.29, 0.717) is 11.6 Å². The van der Waals surface area contributed by atoms with Crippen molar-refractivity contribution in [3.8, 4) is 0 Å². The monoisotopic (exact) mass is 254 g/mol. The minimum absolute atomic E-state index is 0.305. The maximum Gasteiger partial charge on any atom is 0.0595 e. The van der Waals surface area contributed by atoms with E-state index in [-0.39, 0.29) is 0 Å². The molecule has 0 aromatic heterocycles. The molecule has 0 radical (unpaired) electrons. The molecule has 18 heavy (non-hydrogen) atoms. The maximum absolute atomic E-state index is 6.18. The van der Waals surface area contributed by atoms with Crippen molar-refractivity contribution in [2.45, 2.75) is 69.4 Å². The van der Waals surface area contributed by atoms with Gasteiger partial charge >= 0.3 is 0 Å². The first-order valence-corrected chi connectivity index (χ1v) is 7.79. The van der Waals surface area contributed by atoms with Crippen LogP contribution in [0.4, 0.5) is 0 Å². The summed E-state index contributed by atoms with van der Waals surface area (Å²) in [6.07, 6.45) is 12.4. The first-order chi connectivity index (χ1) is 8.80. The Morgan fingerprint density at radius 3 is 2.11 bits per heavy atom. The normalized spacial score (nSPS) is 27.7. The Bertz CT molecular complexity index is 229. The predicted molar refractivity (Wildman–Crippen MR) is 75.7 cm³/mol. The number of hydrogen-bond acceptors (Lipinski definition) is 3. The number of rotatable bonds is 3. The van der Waals surface area contributed by atoms with E-state index in [9.17, 15) is 0 Å². The van der Waals surface area contributed by atoms with Crippen molar-refractivity contribution < 1.29 is 4.74 Å². The summed E-state index contributed by atoms with van der Waals surface area (Å²) < 4.78 is 5.48. The molecule has 0 bridgehead atoms. The summed E-state index contributed by atoms with van der Waals surface area (Å²) >= 11 is 0. The SMILES string of the molecule is COC1CCN(C2(CN)CCCCCCC2)CC1. The molecule has 0 spiro atoms. The average Bonchev–Trinajstić information content (AvgIpc) is 2.40. The number of methoxy groups -OCH3 is 1. The van der Waals surface area contributed by atoms with Crippen molar-refractivity contribution >= 4 is 0 Å². The van der Waals surface area contributed by atoms with Crippen molar-refractivity contribution in [1.82, 2.24) is 4.90 Å². The molecular weight excluding hydrogens is 224 g/mol. The van der Waals surface area contributed by atoms with Crippen molar-refractivity contribution in [2.24, 2.45) is 5.73 Å². The van der Waals surface area contributed by atoms with E-state index in [0.717, 1.165) is 6.54 Å². The standard InChI is InChI=1S/C15H30N2O/c1-18-14-7-11-17(12-8-14)15(13-16)9-5-3-2-4-6-10-15/h14H,2-13,16H2,1H3. The van der Waals surface area contributed by atoms with Crippen LogP contribution in [0, 0.1) is 0 Å². The van der Waals surface area contributed by atoms with Gasteiger partial charge in [-0.05, 0) is 25.7 Å². The highest BCUT2D eigenvalue weighted by Gasteiger charge is 2.37. The van der Waals surface area contributed by atoms with Crippen molar-refractivity contribution in [2.75, 3.05) is 26.7 Å². The molecule has 1 saturated heterocycles. The summed E-state index contributed by atoms with van der Waals surface area (Å²) in [7, 11) is 1.84. The van der Waals surface area contributed by atoms with Gasteiger partial charge in [0, 0.05) is 32.3 Å². The highest BCUT2D eigenvalue weighted by atomic mass is 16.5. The second-order valence-electron chi connectivity index (χ2n) is 6.12. The van der Waals surface area contributed by atoms with E-state index in [1.54, 1.807) is 0 Å². The summed E-state index contributed by atoms with van der Waals surface area (Å²) in [5, 5.41) is 0. The van der Waals surface area contributed by atoms with Gasteiger partial charge in [0.05, 0.1) is 6.10 Å². The van der Waals surface area contributed by atoms with Crippen LogP contribution in [0.2, 0.25) is 0 Å². The third-order valence-corrected chi connectivity index (χ3v) is 5.11. The molecule has 3 heteroatoms. The van der Waals surface area contributed by atoms with Crippen molar-refractivity contribution in [3.05, 3.63) is 0 Å². The lowest BCUT2D eigenvalue weighted by Crippen LogP contribution is -2.57. The Morgan fingerprint density at radius 2 is 1.61 bits per heavy atom. The lowest BCUT2D eigenvalue weighted by molar-refractivity contribution is -0.0116. The van der Waals surface area contributed by atoms with Gasteiger partial charge in [0.2, 0.25) is 0 Å². The van der Waals surface area contributed by atoms with Crippen LogP contribution in [0.1, 0.15) is 57.8 Å². The molecule has 0 unspecified atom stereocenters. The van der Waals surface area contributed by atoms with Crippen LogP contribution in [0.15, 0.2) is 0 Å². The molecule has 1 saturated carbocycles. The van der Waals surface area contributed by atoms with E-state index in [4.69, 9.17) is 10.5 Å². The molecule has 1 heterocycles. The zero-order chi connectivity index (χ0) is 12.8. The predicted octanol–water partition coefficient (Wildman–Crippen LogP) is 2.54. The largest absolute Gasteiger partial charge is 0.381 e. The molecule has 0 atom stereocenters. The van der Waals surface area contributed by atoms with E-state index >= 15 is 0 Å². The van der Waals surface area contributed by atoms with Crippen LogP contribution in [0.5, 0.6) is 0 Å². The van der Waals surface area contributed by atoms with Crippen LogP contribution in [-0.2, 0) is 4.74 Å². The van der Waals surface area contributed by atoms with E-state index in [1.165, 1.54) is 70.9 Å². The summed E-state index contributed by atoms with van der Waals surface area (Å²) in [5.74, 6) is 0. The fourth-order valence-corrected chi connectivity index (χ4v) is 3.78. The van der Waals surface area contributed by atoms with Crippen LogP contribution in [-0.4, -0.2) is 43.3 Å². The van der Waals surface area contributed by atoms with E-state index in [2.05, 4.69) is 4.90 Å². The highest BCUT2D eigenvalue weighted by molar-refractivity contribution is 4.94. The molecular formula is C15H30N2O. The lowest BCUT2D eigenvalue weighted by atomic mass is 9.81. The fourth-order valence-electron chi connectivity index (χ4n) is 3.78. The summed E-state index contributed by atoms with van der Waals surface area (Å²) in [5.41, 5.74) is 6.49. The number of nitrogens with two attached hydrogens (primary N) is 1. The quantitative estimate of drug-likeness (QED) is 0.841. The molecule has 0 amide bonds. The van der Waals surface area contributed by atoms with Gasteiger partial charge in [-0.1, -0.05) is 32.1 Å². The number of nitrogens with zero attached hydrogens (tertiary/aromatic N) is 1. The molecule has 2 rings (SSSR count). The zero-order valence-corrected chi connectivity index (χ0v) is 12.0. The van der Waals surface area contributed by atoms with Crippen molar-refractivity contribution in [1.29, 1.82) is 0 Å². The Labute approximate surface area is 112 Å². The average molecular weight is 254 g/mol. The van der Waals surface area contributed by atoms with Crippen LogP contribution >= 0.6 is 0 Å². The van der Waals surface area contributed by atoms with E-state index in [1.807, 2.05) is 7.11 Å². The van der Waals surface area contributed by atoms with Gasteiger partial charge in [-0.25, -0.2) is 0 Å². The van der Waals surface area contributed by atoms with Gasteiger partial charge in [-0.2, -0.15) is 0 Å². The molecule has 106 valence electrons. The molecule has 1 aliphatic heterocycles. The maximum atomic E-state index is 6.18. The summed E-state index contributed by atoms with van der Waals surface area (Å²) in [6.45, 7) is 3.19. The smallest absolute Gasteiger partial charge is 0.0595 e. The molecule has 3 nitrogen and oxygen atoms in total. The van der Waals surface area contributed by atoms with Crippen LogP contribution in [0.25, 0.3) is 0 Å². The Kier molecular flexibility index (Phi) is 5.46. The van der Waals surface area contributed by atoms with Gasteiger partial charge in [-0.3, -0.25) is 4.90 Å². The Hall–Kier alpha value is -0.120. The first kappa shape index (κ1) is 14.3. The molecule has 1 aliphatic carbocycles. The minimum atomic E-state index is 0.305. The topological polar surface area (TPSA) is 38.5 Å². The number of likely N-dealkylation sites (tertiary alicyclic amines) is 1. The van der Waals surface area contributed by atoms with Gasteiger partial charge in [-0.15, -0.1) is 0 Å². The second-order valence-corrected chi connectivity index (χ2v) is 6.12. The van der Waals surface area contributed by atoms with E-state index < -0.39 is 0 Å². The molecule has 2 N–H and O–H groups in total. The van der Waals surface area contributed by atoms with Crippen molar-refractivity contribution in [3.63, 3.8) is 0 Å². The van der Waals surface area contributed by atoms with Crippen LogP contribution in [0.3, 0.4) is 0 Å². The fraction of sp³-hybridized carbons (Fsp3) is 1.00. The highest BCUT2D eigenvalue weighted by Crippen LogP contribution is 2.33. The molecule has 0 aromatic rings. The summed E-state index contributed by atoms with van der Waals surface area (Å²) in [6, 6.07) is 0. The van der Waals surface area contributed by atoms with Gasteiger partial charge < -0.3 is 10.5 Å². The summed E-state index contributed by atoms with van der Waals surface area (Å²) in [4.78, 5) is 2.69. The zero-order valence-electron chi connectivity index (χ0n) is 12.0. The van der Waals surface area contributed by atoms with Crippen LogP contribution < -0.4 is 5.73 Å². The van der Waals surface area contributed by atoms with Gasteiger partial charge in [0.1, 0.15) is 0 Å². The minimum Gasteiger partial charge on any atom is -0.381 e. The number of hydrogen-bond donors (Lipinski definition) is 1. The van der Waals surface area contributed by atoms with Gasteiger partial charge in [0.15, 0.2) is 0 Å². The Balaban J connectivity index is 1.97. The molecule has 2 fully saturated rings. The molecule has 0 aromatic carbocycles. The van der Waals surface area contributed by atoms with Gasteiger partial charge in [0.25, 0.3) is 0 Å². The Morgan fingerprint density at radius 1 is 1.06 bits per heavy atom. The third-order valence-electron chi connectivity index (χ3n) is 5.11. The lowest BCUT2D eigenvalue weighted by Gasteiger charge is -2.47.